The summed E-state index contributed by atoms with van der Waals surface area (Å²) in [6.45, 7) is 1.40. The highest BCUT2D eigenvalue weighted by molar-refractivity contribution is 7.94. The number of carbonyl (C=O) groups excluding carboxylic acids is 1. The molecular weight excluding hydrogens is 422 g/mol. The third-order valence-corrected chi connectivity index (χ3v) is 7.76. The number of thiophene rings is 1. The Morgan fingerprint density at radius 1 is 1.10 bits per heavy atom. The molecule has 0 saturated heterocycles. The van der Waals surface area contributed by atoms with Gasteiger partial charge < -0.3 is 9.88 Å². The third kappa shape index (κ3) is 4.71. The molecule has 0 unspecified atom stereocenters. The van der Waals surface area contributed by atoms with Gasteiger partial charge in [0, 0.05) is 37.2 Å². The van der Waals surface area contributed by atoms with Crippen LogP contribution in [0.2, 0.25) is 0 Å². The fourth-order valence-electron chi connectivity index (χ4n) is 3.43. The lowest BCUT2D eigenvalue weighted by Crippen LogP contribution is -2.26. The first-order valence-corrected chi connectivity index (χ1v) is 12.2. The Labute approximate surface area is 179 Å². The Morgan fingerprint density at radius 3 is 2.70 bits per heavy atom. The number of anilines is 1. The van der Waals surface area contributed by atoms with Gasteiger partial charge in [-0.25, -0.2) is 8.42 Å². The van der Waals surface area contributed by atoms with E-state index in [1.54, 1.807) is 41.8 Å². The number of sulfonamides is 1. The summed E-state index contributed by atoms with van der Waals surface area (Å²) in [5.41, 5.74) is 0.875. The molecule has 0 aliphatic carbocycles. The molecule has 4 rings (SSSR count). The highest BCUT2D eigenvalue weighted by Gasteiger charge is 2.16. The standard InChI is InChI=1S/C20H23N5O3S2/c26-20(21-12-11-18-23-22-17-5-2-1-3-13-25(17)18)15-7-9-16(10-8-15)24-30(27,28)19-6-4-14-29-19/h4,6-10,14,24H,1-3,5,11-13H2,(H,21,26). The van der Waals surface area contributed by atoms with Crippen molar-refractivity contribution in [2.75, 3.05) is 11.3 Å². The number of nitrogens with one attached hydrogen (secondary N) is 2. The second-order valence-electron chi connectivity index (χ2n) is 7.12. The molecule has 1 aliphatic rings. The molecule has 3 aromatic rings. The van der Waals surface area contributed by atoms with E-state index in [9.17, 15) is 13.2 Å². The molecule has 3 heterocycles. The molecule has 1 aliphatic heterocycles. The molecule has 8 nitrogen and oxygen atoms in total. The van der Waals surface area contributed by atoms with Crippen molar-refractivity contribution in [1.82, 2.24) is 20.1 Å². The van der Waals surface area contributed by atoms with Crippen LogP contribution in [0.3, 0.4) is 0 Å². The fourth-order valence-corrected chi connectivity index (χ4v) is 5.48. The topological polar surface area (TPSA) is 106 Å². The van der Waals surface area contributed by atoms with Gasteiger partial charge in [0.05, 0.1) is 0 Å². The van der Waals surface area contributed by atoms with Gasteiger partial charge in [-0.15, -0.1) is 21.5 Å². The Bertz CT molecular complexity index is 1110. The Balaban J connectivity index is 1.32. The van der Waals surface area contributed by atoms with Crippen LogP contribution in [0.4, 0.5) is 5.69 Å². The predicted molar refractivity (Wildman–Crippen MR) is 115 cm³/mol. The van der Waals surface area contributed by atoms with E-state index >= 15 is 0 Å². The van der Waals surface area contributed by atoms with Gasteiger partial charge in [0.1, 0.15) is 15.9 Å². The van der Waals surface area contributed by atoms with Crippen LogP contribution >= 0.6 is 11.3 Å². The first-order chi connectivity index (χ1) is 14.5. The second-order valence-corrected chi connectivity index (χ2v) is 9.97. The number of amides is 1. The van der Waals surface area contributed by atoms with Gasteiger partial charge in [-0.05, 0) is 48.6 Å². The van der Waals surface area contributed by atoms with Gasteiger partial charge in [-0.2, -0.15) is 0 Å². The zero-order valence-electron chi connectivity index (χ0n) is 16.4. The maximum absolute atomic E-state index is 12.4. The first kappa shape index (κ1) is 20.5. The van der Waals surface area contributed by atoms with E-state index in [1.165, 1.54) is 6.42 Å². The zero-order valence-corrected chi connectivity index (χ0v) is 18.0. The van der Waals surface area contributed by atoms with E-state index in [0.29, 0.717) is 24.2 Å². The number of carbonyl (C=O) groups is 1. The van der Waals surface area contributed by atoms with Gasteiger partial charge >= 0.3 is 0 Å². The number of aromatic nitrogens is 3. The van der Waals surface area contributed by atoms with Crippen LogP contribution in [-0.4, -0.2) is 35.6 Å². The summed E-state index contributed by atoms with van der Waals surface area (Å²) in [5.74, 6) is 1.73. The maximum Gasteiger partial charge on any atom is 0.271 e. The van der Waals surface area contributed by atoms with Crippen LogP contribution in [0.15, 0.2) is 46.0 Å². The summed E-state index contributed by atoms with van der Waals surface area (Å²) in [6.07, 6.45) is 5.07. The first-order valence-electron chi connectivity index (χ1n) is 9.88. The Morgan fingerprint density at radius 2 is 1.93 bits per heavy atom. The van der Waals surface area contributed by atoms with E-state index in [-0.39, 0.29) is 10.1 Å². The van der Waals surface area contributed by atoms with Gasteiger partial charge in [-0.3, -0.25) is 9.52 Å². The van der Waals surface area contributed by atoms with Crippen molar-refractivity contribution in [1.29, 1.82) is 0 Å². The fraction of sp³-hybridized carbons (Fsp3) is 0.350. The highest BCUT2D eigenvalue weighted by Crippen LogP contribution is 2.20. The molecule has 2 aromatic heterocycles. The highest BCUT2D eigenvalue weighted by atomic mass is 32.2. The smallest absolute Gasteiger partial charge is 0.271 e. The minimum atomic E-state index is -3.60. The molecule has 2 N–H and O–H groups in total. The van der Waals surface area contributed by atoms with Crippen molar-refractivity contribution >= 4 is 33.0 Å². The molecule has 0 fully saturated rings. The van der Waals surface area contributed by atoms with Crippen LogP contribution in [0.5, 0.6) is 0 Å². The van der Waals surface area contributed by atoms with Crippen LogP contribution in [-0.2, 0) is 29.4 Å². The second kappa shape index (κ2) is 8.97. The number of nitrogens with zero attached hydrogens (tertiary/aromatic N) is 3. The summed E-state index contributed by atoms with van der Waals surface area (Å²) in [6, 6.07) is 9.60. The quantitative estimate of drug-likeness (QED) is 0.582. The van der Waals surface area contributed by atoms with Crippen molar-refractivity contribution in [2.45, 2.75) is 42.9 Å². The minimum Gasteiger partial charge on any atom is -0.352 e. The lowest BCUT2D eigenvalue weighted by atomic mass is 10.2. The average Bonchev–Trinajstić information content (AvgIpc) is 3.35. The van der Waals surface area contributed by atoms with Crippen molar-refractivity contribution in [2.24, 2.45) is 0 Å². The molecule has 0 bridgehead atoms. The van der Waals surface area contributed by atoms with E-state index in [2.05, 4.69) is 24.8 Å². The number of rotatable bonds is 7. The summed E-state index contributed by atoms with van der Waals surface area (Å²) in [5, 5.41) is 13.1. The SMILES string of the molecule is O=C(NCCc1nnc2n1CCCCC2)c1ccc(NS(=O)(=O)c2cccs2)cc1. The lowest BCUT2D eigenvalue weighted by Gasteiger charge is -2.09. The van der Waals surface area contributed by atoms with Crippen molar-refractivity contribution in [3.8, 4) is 0 Å². The van der Waals surface area contributed by atoms with Crippen molar-refractivity contribution in [3.63, 3.8) is 0 Å². The molecule has 158 valence electrons. The molecule has 0 radical (unpaired) electrons. The molecule has 0 saturated carbocycles. The number of hydrogen-bond acceptors (Lipinski definition) is 6. The summed E-state index contributed by atoms with van der Waals surface area (Å²) >= 11 is 1.15. The van der Waals surface area contributed by atoms with Crippen LogP contribution in [0.1, 0.15) is 41.3 Å². The van der Waals surface area contributed by atoms with Gasteiger partial charge in [-0.1, -0.05) is 12.5 Å². The number of fused-ring (bicyclic) bond motifs is 1. The normalized spacial score (nSPS) is 14.0. The molecular formula is C20H23N5O3S2. The molecule has 30 heavy (non-hydrogen) atoms. The molecule has 10 heteroatoms. The number of hydrogen-bond donors (Lipinski definition) is 2. The van der Waals surface area contributed by atoms with E-state index < -0.39 is 10.0 Å². The average molecular weight is 446 g/mol. The lowest BCUT2D eigenvalue weighted by molar-refractivity contribution is 0.0954. The number of aryl methyl sites for hydroxylation is 1. The summed E-state index contributed by atoms with van der Waals surface area (Å²) in [7, 11) is -3.60. The summed E-state index contributed by atoms with van der Waals surface area (Å²) < 4.78 is 29.5. The third-order valence-electron chi connectivity index (χ3n) is 4.98. The van der Waals surface area contributed by atoms with Crippen LogP contribution < -0.4 is 10.0 Å². The van der Waals surface area contributed by atoms with Gasteiger partial charge in [0.25, 0.3) is 15.9 Å². The van der Waals surface area contributed by atoms with Gasteiger partial charge in [0.15, 0.2) is 0 Å². The van der Waals surface area contributed by atoms with Crippen molar-refractivity contribution < 1.29 is 13.2 Å². The molecule has 1 amide bonds. The maximum atomic E-state index is 12.4. The molecule has 1 aromatic carbocycles. The minimum absolute atomic E-state index is 0.210. The zero-order chi connectivity index (χ0) is 21.0. The predicted octanol–water partition coefficient (Wildman–Crippen LogP) is 2.84. The largest absolute Gasteiger partial charge is 0.352 e. The van der Waals surface area contributed by atoms with Crippen molar-refractivity contribution in [3.05, 3.63) is 59.0 Å². The monoisotopic (exact) mass is 445 g/mol. The molecule has 0 atom stereocenters. The number of benzene rings is 1. The molecule has 0 spiro atoms. The van der Waals surface area contributed by atoms with Gasteiger partial charge in [0.2, 0.25) is 0 Å². The van der Waals surface area contributed by atoms with E-state index in [1.807, 2.05) is 0 Å². The van der Waals surface area contributed by atoms with E-state index in [4.69, 9.17) is 0 Å². The van der Waals surface area contributed by atoms with Crippen LogP contribution in [0, 0.1) is 0 Å². The Kier molecular flexibility index (Phi) is 6.14. The van der Waals surface area contributed by atoms with Crippen LogP contribution in [0.25, 0.3) is 0 Å². The summed E-state index contributed by atoms with van der Waals surface area (Å²) in [4.78, 5) is 12.4. The van der Waals surface area contributed by atoms with E-state index in [0.717, 1.165) is 48.8 Å². The Hall–Kier alpha value is -2.72.